The summed E-state index contributed by atoms with van der Waals surface area (Å²) in [6.45, 7) is 2.13. The Balaban J connectivity index is 1.18. The second-order valence-electron chi connectivity index (χ2n) is 12.6. The monoisotopic (exact) mass is 646 g/mol. The number of nitrogens with zero attached hydrogens (tertiary/aromatic N) is 4. The topological polar surface area (TPSA) is 145 Å². The molecule has 7 rings (SSSR count). The zero-order valence-electron chi connectivity index (χ0n) is 26.3. The zero-order valence-corrected chi connectivity index (χ0v) is 26.3. The van der Waals surface area contributed by atoms with Gasteiger partial charge in [-0.3, -0.25) is 29.4 Å². The van der Waals surface area contributed by atoms with Crippen LogP contribution >= 0.6 is 0 Å². The largest absolute Gasteiger partial charge is 0.394 e. The van der Waals surface area contributed by atoms with Gasteiger partial charge in [0.2, 0.25) is 5.91 Å². The van der Waals surface area contributed by atoms with Gasteiger partial charge in [0.1, 0.15) is 0 Å². The van der Waals surface area contributed by atoms with Crippen molar-refractivity contribution in [1.29, 1.82) is 0 Å². The number of amides is 3. The molecule has 3 atom stereocenters. The van der Waals surface area contributed by atoms with Crippen LogP contribution in [0.5, 0.6) is 0 Å². The highest BCUT2D eigenvalue weighted by Crippen LogP contribution is 2.47. The molecule has 4 aromatic carbocycles. The van der Waals surface area contributed by atoms with Crippen molar-refractivity contribution in [2.75, 3.05) is 23.0 Å². The lowest BCUT2D eigenvalue weighted by molar-refractivity contribution is -0.385. The number of carbonyl (C=O) groups excluding carboxylic acids is 3. The molecule has 0 spiro atoms. The fourth-order valence-corrected chi connectivity index (χ4v) is 7.34. The quantitative estimate of drug-likeness (QED) is 0.142. The summed E-state index contributed by atoms with van der Waals surface area (Å²) in [6.07, 6.45) is 4.76. The van der Waals surface area contributed by atoms with Gasteiger partial charge < -0.3 is 20.0 Å². The number of non-ortho nitro benzene ring substituents is 1. The third-order valence-corrected chi connectivity index (χ3v) is 9.81. The minimum absolute atomic E-state index is 0.0240. The lowest BCUT2D eigenvalue weighted by Gasteiger charge is -2.28. The number of anilines is 3. The summed E-state index contributed by atoms with van der Waals surface area (Å²) in [5.41, 5.74) is 0.733. The van der Waals surface area contributed by atoms with Crippen molar-refractivity contribution < 1.29 is 29.5 Å². The van der Waals surface area contributed by atoms with E-state index in [1.165, 1.54) is 23.1 Å². The third-order valence-electron chi connectivity index (χ3n) is 9.81. The molecule has 1 fully saturated rings. The van der Waals surface area contributed by atoms with Crippen molar-refractivity contribution >= 4 is 51.2 Å². The summed E-state index contributed by atoms with van der Waals surface area (Å²) >= 11 is 0. The molecule has 244 valence electrons. The van der Waals surface area contributed by atoms with Gasteiger partial charge in [0.15, 0.2) is 5.60 Å². The van der Waals surface area contributed by atoms with E-state index in [9.17, 15) is 34.7 Å². The Kier molecular flexibility index (Phi) is 7.81. The minimum Gasteiger partial charge on any atom is -0.394 e. The summed E-state index contributed by atoms with van der Waals surface area (Å²) in [6, 6.07) is 22.5. The first-order chi connectivity index (χ1) is 23.1. The van der Waals surface area contributed by atoms with E-state index in [2.05, 4.69) is 0 Å². The first-order valence-corrected chi connectivity index (χ1v) is 16.0. The molecule has 0 unspecified atom stereocenters. The van der Waals surface area contributed by atoms with Crippen molar-refractivity contribution in [2.24, 2.45) is 5.92 Å². The van der Waals surface area contributed by atoms with Crippen molar-refractivity contribution in [3.8, 4) is 0 Å². The maximum atomic E-state index is 14.2. The van der Waals surface area contributed by atoms with E-state index in [4.69, 9.17) is 0 Å². The standard InChI is InChI=1S/C37H34N4O7/c1-23(7-2-15-33(43)38-18-6-12-28(38)22-42)37(46)30-20-27(41(47)48)16-17-31(30)39(36(37)45)21-24-8-3-11-26(19-24)40-32-14-5-10-25-9-4-13-29(34(25)32)35(40)44/h2-5,7-11,13-14,16-17,19-20,23,28,42,46H,6,12,15,18,21-22H2,1H3/b7-2+/t23-,28-,37+/m0/s1. The van der Waals surface area contributed by atoms with Gasteiger partial charge in [-0.25, -0.2) is 0 Å². The average Bonchev–Trinajstić information content (AvgIpc) is 3.75. The van der Waals surface area contributed by atoms with Crippen molar-refractivity contribution in [3.63, 3.8) is 0 Å². The summed E-state index contributed by atoms with van der Waals surface area (Å²) < 4.78 is 0. The lowest BCUT2D eigenvalue weighted by atomic mass is 9.82. The molecule has 1 saturated heterocycles. The van der Waals surface area contributed by atoms with E-state index in [0.717, 1.165) is 29.3 Å². The average molecular weight is 647 g/mol. The Hall–Kier alpha value is -5.39. The SMILES string of the molecule is C[C@@H](/C=C/CC(=O)N1CCC[C@H]1CO)[C@]1(O)C(=O)N(Cc2cccc(N3C(=O)c4cccc5cccc3c45)c2)c2ccc([N+](=O)[O-])cc21. The molecular weight excluding hydrogens is 612 g/mol. The molecule has 0 aromatic heterocycles. The number of rotatable bonds is 9. The minimum atomic E-state index is -2.14. The molecule has 3 aliphatic heterocycles. The summed E-state index contributed by atoms with van der Waals surface area (Å²) in [4.78, 5) is 56.4. The molecule has 3 amide bonds. The predicted molar refractivity (Wildman–Crippen MR) is 180 cm³/mol. The fourth-order valence-electron chi connectivity index (χ4n) is 7.34. The van der Waals surface area contributed by atoms with Crippen LogP contribution in [0, 0.1) is 16.0 Å². The van der Waals surface area contributed by atoms with E-state index >= 15 is 0 Å². The van der Waals surface area contributed by atoms with Gasteiger partial charge in [0, 0.05) is 47.7 Å². The van der Waals surface area contributed by atoms with Gasteiger partial charge in [-0.2, -0.15) is 0 Å². The Bertz CT molecular complexity index is 2020. The second kappa shape index (κ2) is 12.0. The molecule has 11 heteroatoms. The van der Waals surface area contributed by atoms with Gasteiger partial charge >= 0.3 is 0 Å². The Morgan fingerprint density at radius 2 is 1.83 bits per heavy atom. The third kappa shape index (κ3) is 4.94. The summed E-state index contributed by atoms with van der Waals surface area (Å²) in [7, 11) is 0. The van der Waals surface area contributed by atoms with E-state index in [0.29, 0.717) is 29.0 Å². The van der Waals surface area contributed by atoms with Crippen LogP contribution in [0.25, 0.3) is 10.8 Å². The smallest absolute Gasteiger partial charge is 0.269 e. The molecule has 11 nitrogen and oxygen atoms in total. The van der Waals surface area contributed by atoms with E-state index in [-0.39, 0.29) is 48.7 Å². The Labute approximate surface area is 276 Å². The number of nitro groups is 1. The number of carbonyl (C=O) groups is 3. The van der Waals surface area contributed by atoms with Crippen LogP contribution in [0.2, 0.25) is 0 Å². The molecule has 2 N–H and O–H groups in total. The van der Waals surface area contributed by atoms with Crippen LogP contribution in [-0.4, -0.2) is 57.0 Å². The normalized spacial score (nSPS) is 20.7. The first-order valence-electron chi connectivity index (χ1n) is 16.0. The van der Waals surface area contributed by atoms with E-state index < -0.39 is 22.3 Å². The predicted octanol–water partition coefficient (Wildman–Crippen LogP) is 5.34. The van der Waals surface area contributed by atoms with Gasteiger partial charge in [0.25, 0.3) is 17.5 Å². The van der Waals surface area contributed by atoms with Crippen LogP contribution in [0.3, 0.4) is 0 Å². The molecule has 3 heterocycles. The highest BCUT2D eigenvalue weighted by molar-refractivity contribution is 6.27. The zero-order chi connectivity index (χ0) is 33.7. The van der Waals surface area contributed by atoms with Crippen LogP contribution in [0.1, 0.15) is 47.7 Å². The van der Waals surface area contributed by atoms with Gasteiger partial charge in [0.05, 0.1) is 41.1 Å². The van der Waals surface area contributed by atoms with Crippen molar-refractivity contribution in [3.05, 3.63) is 118 Å². The molecule has 48 heavy (non-hydrogen) atoms. The molecule has 4 aromatic rings. The number of benzene rings is 4. The second-order valence-corrected chi connectivity index (χ2v) is 12.6. The molecule has 3 aliphatic rings. The fraction of sp³-hybridized carbons (Fsp3) is 0.270. The highest BCUT2D eigenvalue weighted by Gasteiger charge is 2.53. The number of nitro benzene ring substituents is 1. The van der Waals surface area contributed by atoms with E-state index in [1.54, 1.807) is 34.9 Å². The molecule has 0 saturated carbocycles. The maximum absolute atomic E-state index is 14.2. The molecular formula is C37H34N4O7. The molecule has 0 radical (unpaired) electrons. The Morgan fingerprint density at radius 1 is 1.06 bits per heavy atom. The van der Waals surface area contributed by atoms with Gasteiger partial charge in [-0.15, -0.1) is 0 Å². The number of hydrogen-bond acceptors (Lipinski definition) is 7. The number of fused-ring (bicyclic) bond motifs is 1. The van der Waals surface area contributed by atoms with Gasteiger partial charge in [-0.1, -0.05) is 55.5 Å². The van der Waals surface area contributed by atoms with Crippen molar-refractivity contribution in [2.45, 2.75) is 44.4 Å². The van der Waals surface area contributed by atoms with Gasteiger partial charge in [-0.05, 0) is 54.1 Å². The molecule has 0 bridgehead atoms. The number of aliphatic hydroxyl groups is 2. The van der Waals surface area contributed by atoms with Crippen LogP contribution in [0.4, 0.5) is 22.7 Å². The van der Waals surface area contributed by atoms with Crippen LogP contribution in [-0.2, 0) is 21.7 Å². The lowest BCUT2D eigenvalue weighted by Crippen LogP contribution is -2.44. The van der Waals surface area contributed by atoms with Crippen LogP contribution < -0.4 is 9.80 Å². The summed E-state index contributed by atoms with van der Waals surface area (Å²) in [5.74, 6) is -1.81. The Morgan fingerprint density at radius 3 is 2.60 bits per heavy atom. The number of likely N-dealkylation sites (tertiary alicyclic amines) is 1. The maximum Gasteiger partial charge on any atom is 0.269 e. The number of aliphatic hydroxyl groups excluding tert-OH is 1. The highest BCUT2D eigenvalue weighted by atomic mass is 16.6. The van der Waals surface area contributed by atoms with E-state index in [1.807, 2.05) is 54.6 Å². The summed E-state index contributed by atoms with van der Waals surface area (Å²) in [5, 5.41) is 35.2. The van der Waals surface area contributed by atoms with Crippen molar-refractivity contribution in [1.82, 2.24) is 4.90 Å². The number of hydrogen-bond donors (Lipinski definition) is 2. The first kappa shape index (κ1) is 31.2. The van der Waals surface area contributed by atoms with Crippen LogP contribution in [0.15, 0.2) is 91.0 Å². The molecule has 0 aliphatic carbocycles.